The molecule has 0 aromatic rings. The Morgan fingerprint density at radius 1 is 0.509 bits per heavy atom. The van der Waals surface area contributed by atoms with Crippen LogP contribution in [0.2, 0.25) is 0 Å². The molecule has 0 fully saturated rings. The van der Waals surface area contributed by atoms with Crippen LogP contribution in [0.25, 0.3) is 0 Å². The lowest BCUT2D eigenvalue weighted by Gasteiger charge is -2.24. The summed E-state index contributed by atoms with van der Waals surface area (Å²) in [5, 5.41) is 0. The average Bonchev–Trinajstić information content (AvgIpc) is 3.16. The molecule has 0 N–H and O–H groups in total. The van der Waals surface area contributed by atoms with Crippen LogP contribution >= 0.6 is 0 Å². The van der Waals surface area contributed by atoms with Crippen molar-refractivity contribution in [1.29, 1.82) is 0 Å². The molecule has 316 valence electrons. The number of nitrogens with zero attached hydrogens (tertiary/aromatic N) is 1. The Kier molecular flexibility index (Phi) is 37.9. The highest BCUT2D eigenvalue weighted by Crippen LogP contribution is 2.20. The van der Waals surface area contributed by atoms with Gasteiger partial charge in [-0.1, -0.05) is 145 Å². The highest BCUT2D eigenvalue weighted by molar-refractivity contribution is 5.69. The molecule has 0 aromatic carbocycles. The molecule has 0 bridgehead atoms. The Bertz CT molecular complexity index is 773. The summed E-state index contributed by atoms with van der Waals surface area (Å²) in [7, 11) is 0. The SMILES string of the molecule is CCCCCCCCCCCCC(CCOC(=O)CCCCC(OCC(CC)CCCC)OCC(CC)CCCC)OC(=O)OCCCN(CC)CC. The summed E-state index contributed by atoms with van der Waals surface area (Å²) in [5.74, 6) is 0.932. The topological polar surface area (TPSA) is 83.5 Å². The van der Waals surface area contributed by atoms with Gasteiger partial charge < -0.3 is 28.6 Å². The standard InChI is InChI=1S/C45H89NO7/c1-8-15-18-19-20-21-22-23-24-25-31-42(53-45(48)50-36-28-35-46(13-6)14-7)34-37-49-43(47)32-26-27-33-44(51-38-40(11-4)29-16-9-2)52-39-41(12-5)30-17-10-3/h40-42,44H,8-39H2,1-7H3. The maximum atomic E-state index is 12.7. The lowest BCUT2D eigenvalue weighted by atomic mass is 10.0. The molecule has 3 unspecified atom stereocenters. The van der Waals surface area contributed by atoms with Crippen LogP contribution in [0.15, 0.2) is 0 Å². The molecule has 0 saturated carbocycles. The first-order chi connectivity index (χ1) is 25.9. The van der Waals surface area contributed by atoms with E-state index in [1.54, 1.807) is 0 Å². The van der Waals surface area contributed by atoms with Crippen LogP contribution < -0.4 is 0 Å². The number of unbranched alkanes of at least 4 members (excludes halogenated alkanes) is 12. The first-order valence-electron chi connectivity index (χ1n) is 22.8. The smallest absolute Gasteiger partial charge is 0.466 e. The van der Waals surface area contributed by atoms with Crippen LogP contribution in [-0.2, 0) is 28.5 Å². The van der Waals surface area contributed by atoms with E-state index in [1.165, 1.54) is 89.9 Å². The van der Waals surface area contributed by atoms with E-state index in [1.807, 2.05) is 0 Å². The summed E-state index contributed by atoms with van der Waals surface area (Å²) in [6, 6.07) is 0. The number of carbonyl (C=O) groups excluding carboxylic acids is 2. The van der Waals surface area contributed by atoms with Gasteiger partial charge in [0.1, 0.15) is 6.10 Å². The van der Waals surface area contributed by atoms with Gasteiger partial charge in [-0.15, -0.1) is 0 Å². The van der Waals surface area contributed by atoms with E-state index >= 15 is 0 Å². The zero-order valence-corrected chi connectivity index (χ0v) is 36.2. The second kappa shape index (κ2) is 38.9. The minimum atomic E-state index is -0.613. The molecule has 53 heavy (non-hydrogen) atoms. The predicted octanol–water partition coefficient (Wildman–Crippen LogP) is 12.8. The molecular formula is C45H89NO7. The summed E-state index contributed by atoms with van der Waals surface area (Å²) in [4.78, 5) is 27.6. The van der Waals surface area contributed by atoms with Gasteiger partial charge in [0.25, 0.3) is 0 Å². The van der Waals surface area contributed by atoms with Gasteiger partial charge in [0.15, 0.2) is 6.29 Å². The van der Waals surface area contributed by atoms with Gasteiger partial charge in [0, 0.05) is 19.4 Å². The molecule has 0 rings (SSSR count). The quantitative estimate of drug-likeness (QED) is 0.0347. The molecule has 0 aromatic heterocycles. The fraction of sp³-hybridized carbons (Fsp3) is 0.956. The van der Waals surface area contributed by atoms with E-state index in [4.69, 9.17) is 23.7 Å². The van der Waals surface area contributed by atoms with Gasteiger partial charge in [-0.05, 0) is 76.3 Å². The van der Waals surface area contributed by atoms with Crippen molar-refractivity contribution in [1.82, 2.24) is 4.90 Å². The van der Waals surface area contributed by atoms with Gasteiger partial charge in [-0.2, -0.15) is 0 Å². The van der Waals surface area contributed by atoms with Crippen molar-refractivity contribution in [2.75, 3.05) is 46.1 Å². The Hall–Kier alpha value is -1.38. The molecule has 8 nitrogen and oxygen atoms in total. The second-order valence-corrected chi connectivity index (χ2v) is 15.4. The van der Waals surface area contributed by atoms with Gasteiger partial charge in [-0.3, -0.25) is 4.79 Å². The normalized spacial score (nSPS) is 13.9. The molecule has 0 radical (unpaired) electrons. The van der Waals surface area contributed by atoms with Crippen molar-refractivity contribution in [2.24, 2.45) is 11.8 Å². The average molecular weight is 756 g/mol. The van der Waals surface area contributed by atoms with Gasteiger partial charge in [-0.25, -0.2) is 4.79 Å². The van der Waals surface area contributed by atoms with Crippen molar-refractivity contribution in [3.8, 4) is 0 Å². The summed E-state index contributed by atoms with van der Waals surface area (Å²) >= 11 is 0. The third-order valence-electron chi connectivity index (χ3n) is 10.8. The zero-order chi connectivity index (χ0) is 39.2. The van der Waals surface area contributed by atoms with Crippen LogP contribution in [0.5, 0.6) is 0 Å². The third kappa shape index (κ3) is 32.6. The summed E-state index contributed by atoms with van der Waals surface area (Å²) in [6.45, 7) is 20.5. The molecule has 8 heteroatoms. The summed E-state index contributed by atoms with van der Waals surface area (Å²) in [5.41, 5.74) is 0. The van der Waals surface area contributed by atoms with E-state index in [0.717, 1.165) is 90.6 Å². The van der Waals surface area contributed by atoms with E-state index in [9.17, 15) is 9.59 Å². The van der Waals surface area contributed by atoms with Crippen LogP contribution in [0.1, 0.15) is 209 Å². The Labute approximate surface area is 328 Å². The maximum Gasteiger partial charge on any atom is 0.508 e. The molecule has 0 aliphatic rings. The first kappa shape index (κ1) is 51.6. The Morgan fingerprint density at radius 3 is 1.57 bits per heavy atom. The largest absolute Gasteiger partial charge is 0.508 e. The van der Waals surface area contributed by atoms with Crippen molar-refractivity contribution in [2.45, 2.75) is 221 Å². The lowest BCUT2D eigenvalue weighted by Crippen LogP contribution is -2.26. The number of hydrogen-bond donors (Lipinski definition) is 0. The number of esters is 1. The van der Waals surface area contributed by atoms with Crippen LogP contribution in [0, 0.1) is 11.8 Å². The molecule has 0 aliphatic carbocycles. The Morgan fingerprint density at radius 2 is 1.04 bits per heavy atom. The highest BCUT2D eigenvalue weighted by Gasteiger charge is 2.19. The molecule has 0 heterocycles. The van der Waals surface area contributed by atoms with E-state index in [-0.39, 0.29) is 25.0 Å². The second-order valence-electron chi connectivity index (χ2n) is 15.4. The lowest BCUT2D eigenvalue weighted by molar-refractivity contribution is -0.162. The number of ether oxygens (including phenoxy) is 5. The maximum absolute atomic E-state index is 12.7. The van der Waals surface area contributed by atoms with Crippen molar-refractivity contribution >= 4 is 12.1 Å². The highest BCUT2D eigenvalue weighted by atomic mass is 16.7. The molecule has 0 amide bonds. The van der Waals surface area contributed by atoms with Gasteiger partial charge in [0.05, 0.1) is 26.4 Å². The molecule has 0 aliphatic heterocycles. The van der Waals surface area contributed by atoms with Crippen molar-refractivity contribution < 1.29 is 33.3 Å². The third-order valence-corrected chi connectivity index (χ3v) is 10.8. The van der Waals surface area contributed by atoms with Crippen molar-refractivity contribution in [3.63, 3.8) is 0 Å². The summed E-state index contributed by atoms with van der Waals surface area (Å²) in [6.07, 6.45) is 25.7. The first-order valence-corrected chi connectivity index (χ1v) is 22.8. The monoisotopic (exact) mass is 756 g/mol. The van der Waals surface area contributed by atoms with E-state index < -0.39 is 6.16 Å². The number of rotatable bonds is 40. The molecule has 0 saturated heterocycles. The van der Waals surface area contributed by atoms with E-state index in [2.05, 4.69) is 53.4 Å². The van der Waals surface area contributed by atoms with Crippen molar-refractivity contribution in [3.05, 3.63) is 0 Å². The molecule has 0 spiro atoms. The van der Waals surface area contributed by atoms with Crippen LogP contribution in [0.3, 0.4) is 0 Å². The zero-order valence-electron chi connectivity index (χ0n) is 36.2. The molecular weight excluding hydrogens is 666 g/mol. The minimum Gasteiger partial charge on any atom is -0.466 e. The van der Waals surface area contributed by atoms with Crippen LogP contribution in [0.4, 0.5) is 4.79 Å². The van der Waals surface area contributed by atoms with E-state index in [0.29, 0.717) is 31.3 Å². The fourth-order valence-electron chi connectivity index (χ4n) is 6.73. The van der Waals surface area contributed by atoms with Crippen LogP contribution in [-0.4, -0.2) is 75.5 Å². The van der Waals surface area contributed by atoms with Gasteiger partial charge >= 0.3 is 12.1 Å². The number of hydrogen-bond acceptors (Lipinski definition) is 8. The minimum absolute atomic E-state index is 0.198. The fourth-order valence-corrected chi connectivity index (χ4v) is 6.73. The predicted molar refractivity (Wildman–Crippen MR) is 221 cm³/mol. The molecule has 3 atom stereocenters. The van der Waals surface area contributed by atoms with Gasteiger partial charge in [0.2, 0.25) is 0 Å². The summed E-state index contributed by atoms with van der Waals surface area (Å²) < 4.78 is 29.5. The number of carbonyl (C=O) groups is 2. The Balaban J connectivity index is 4.78.